The molecule has 0 bridgehead atoms. The monoisotopic (exact) mass is 188 g/mol. The topological polar surface area (TPSA) is 18.5 Å². The Labute approximate surface area is 82.5 Å². The fourth-order valence-corrected chi connectivity index (χ4v) is 1.28. The molecule has 0 aromatic carbocycles. The van der Waals surface area contributed by atoms with Crippen LogP contribution < -0.4 is 0 Å². The molecule has 0 saturated carbocycles. The van der Waals surface area contributed by atoms with Crippen LogP contribution in [0.25, 0.3) is 0 Å². The largest absolute Gasteiger partial charge is 0.237 e. The standard InChI is InChI=1S/C11H24O2/c1-4-7-8-9-10-11(5-2)13-12-6-3/h11H,4-10H2,1-3H3. The lowest BCUT2D eigenvalue weighted by molar-refractivity contribution is -0.322. The Kier molecular flexibility index (Phi) is 9.94. The zero-order valence-electron chi connectivity index (χ0n) is 9.34. The van der Waals surface area contributed by atoms with Crippen molar-refractivity contribution in [2.45, 2.75) is 65.4 Å². The summed E-state index contributed by atoms with van der Waals surface area (Å²) < 4.78 is 0. The second-order valence-corrected chi connectivity index (χ2v) is 3.38. The van der Waals surface area contributed by atoms with Gasteiger partial charge in [-0.15, -0.1) is 0 Å². The van der Waals surface area contributed by atoms with E-state index >= 15 is 0 Å². The van der Waals surface area contributed by atoms with Crippen LogP contribution in [0, 0.1) is 0 Å². The normalized spacial score (nSPS) is 13.2. The van der Waals surface area contributed by atoms with E-state index < -0.39 is 0 Å². The molecule has 2 nitrogen and oxygen atoms in total. The van der Waals surface area contributed by atoms with Gasteiger partial charge in [0.25, 0.3) is 0 Å². The molecule has 13 heavy (non-hydrogen) atoms. The Hall–Kier alpha value is -0.0800. The number of hydrogen-bond donors (Lipinski definition) is 0. The maximum absolute atomic E-state index is 5.22. The Balaban J connectivity index is 3.25. The maximum Gasteiger partial charge on any atom is 0.0927 e. The summed E-state index contributed by atoms with van der Waals surface area (Å²) in [4.78, 5) is 10.2. The van der Waals surface area contributed by atoms with Crippen molar-refractivity contribution in [1.82, 2.24) is 0 Å². The Bertz CT molecular complexity index is 94.1. The molecule has 2 heteroatoms. The molecular formula is C11H24O2. The molecule has 1 unspecified atom stereocenters. The first-order valence-electron chi connectivity index (χ1n) is 5.63. The smallest absolute Gasteiger partial charge is 0.0927 e. The quantitative estimate of drug-likeness (QED) is 0.312. The van der Waals surface area contributed by atoms with Crippen molar-refractivity contribution in [2.75, 3.05) is 6.61 Å². The van der Waals surface area contributed by atoms with E-state index in [0.717, 1.165) is 12.8 Å². The first-order valence-corrected chi connectivity index (χ1v) is 5.63. The van der Waals surface area contributed by atoms with Crippen LogP contribution in [0.15, 0.2) is 0 Å². The first-order chi connectivity index (χ1) is 6.35. The van der Waals surface area contributed by atoms with E-state index in [-0.39, 0.29) is 0 Å². The van der Waals surface area contributed by atoms with Gasteiger partial charge < -0.3 is 0 Å². The molecule has 0 heterocycles. The van der Waals surface area contributed by atoms with Crippen LogP contribution in [-0.4, -0.2) is 12.7 Å². The Morgan fingerprint density at radius 2 is 1.77 bits per heavy atom. The van der Waals surface area contributed by atoms with E-state index in [9.17, 15) is 0 Å². The summed E-state index contributed by atoms with van der Waals surface area (Å²) in [6, 6.07) is 0. The molecule has 0 aromatic rings. The van der Waals surface area contributed by atoms with Crippen LogP contribution in [0.1, 0.15) is 59.3 Å². The Morgan fingerprint density at radius 1 is 1.00 bits per heavy atom. The highest BCUT2D eigenvalue weighted by Crippen LogP contribution is 2.11. The minimum Gasteiger partial charge on any atom is -0.237 e. The number of unbranched alkanes of at least 4 members (excludes halogenated alkanes) is 3. The highest BCUT2D eigenvalue weighted by Gasteiger charge is 2.06. The zero-order chi connectivity index (χ0) is 9.94. The van der Waals surface area contributed by atoms with Crippen LogP contribution in [-0.2, 0) is 9.78 Å². The lowest BCUT2D eigenvalue weighted by Crippen LogP contribution is -2.12. The summed E-state index contributed by atoms with van der Waals surface area (Å²) in [6.07, 6.45) is 7.70. The third kappa shape index (κ3) is 8.26. The minimum atomic E-state index is 0.303. The van der Waals surface area contributed by atoms with Crippen LogP contribution in [0.3, 0.4) is 0 Å². The summed E-state index contributed by atoms with van der Waals surface area (Å²) in [5.41, 5.74) is 0. The van der Waals surface area contributed by atoms with E-state index in [2.05, 4.69) is 13.8 Å². The van der Waals surface area contributed by atoms with E-state index in [1.807, 2.05) is 6.92 Å². The predicted octanol–water partition coefficient (Wildman–Crippen LogP) is 3.70. The van der Waals surface area contributed by atoms with Gasteiger partial charge in [0.15, 0.2) is 0 Å². The summed E-state index contributed by atoms with van der Waals surface area (Å²) in [5, 5.41) is 0. The van der Waals surface area contributed by atoms with Crippen LogP contribution in [0.5, 0.6) is 0 Å². The molecule has 0 aromatic heterocycles. The summed E-state index contributed by atoms with van der Waals surface area (Å²) in [5.74, 6) is 0. The third-order valence-corrected chi connectivity index (χ3v) is 2.16. The SMILES string of the molecule is CCCCCCC(CC)OOCC. The molecule has 0 radical (unpaired) electrons. The minimum absolute atomic E-state index is 0.303. The van der Waals surface area contributed by atoms with Crippen molar-refractivity contribution in [3.05, 3.63) is 0 Å². The average molecular weight is 188 g/mol. The molecule has 0 N–H and O–H groups in total. The highest BCUT2D eigenvalue weighted by atomic mass is 17.2. The molecule has 0 spiro atoms. The van der Waals surface area contributed by atoms with Gasteiger partial charge in [-0.1, -0.05) is 39.5 Å². The third-order valence-electron chi connectivity index (χ3n) is 2.16. The van der Waals surface area contributed by atoms with Gasteiger partial charge in [0.05, 0.1) is 12.7 Å². The maximum atomic E-state index is 5.22. The second-order valence-electron chi connectivity index (χ2n) is 3.38. The fourth-order valence-electron chi connectivity index (χ4n) is 1.28. The van der Waals surface area contributed by atoms with Crippen molar-refractivity contribution in [3.8, 4) is 0 Å². The molecule has 0 saturated heterocycles. The molecule has 1 atom stereocenters. The van der Waals surface area contributed by atoms with Crippen LogP contribution in [0.2, 0.25) is 0 Å². The van der Waals surface area contributed by atoms with Gasteiger partial charge in [-0.05, 0) is 19.8 Å². The van der Waals surface area contributed by atoms with Gasteiger partial charge in [-0.2, -0.15) is 0 Å². The lowest BCUT2D eigenvalue weighted by Gasteiger charge is -2.13. The van der Waals surface area contributed by atoms with Crippen LogP contribution >= 0.6 is 0 Å². The fraction of sp³-hybridized carbons (Fsp3) is 1.00. The second kappa shape index (κ2) is 10.0. The van der Waals surface area contributed by atoms with Gasteiger partial charge >= 0.3 is 0 Å². The van der Waals surface area contributed by atoms with Crippen molar-refractivity contribution in [1.29, 1.82) is 0 Å². The van der Waals surface area contributed by atoms with E-state index in [4.69, 9.17) is 9.78 Å². The Morgan fingerprint density at radius 3 is 2.31 bits per heavy atom. The molecule has 0 amide bonds. The first kappa shape index (κ1) is 12.9. The number of rotatable bonds is 9. The molecule has 0 rings (SSSR count). The van der Waals surface area contributed by atoms with Crippen molar-refractivity contribution >= 4 is 0 Å². The van der Waals surface area contributed by atoms with Gasteiger partial charge in [-0.3, -0.25) is 0 Å². The predicted molar refractivity (Wildman–Crippen MR) is 55.5 cm³/mol. The van der Waals surface area contributed by atoms with Gasteiger partial charge in [0.2, 0.25) is 0 Å². The molecular weight excluding hydrogens is 164 g/mol. The number of hydrogen-bond acceptors (Lipinski definition) is 2. The average Bonchev–Trinajstić information content (AvgIpc) is 2.17. The zero-order valence-corrected chi connectivity index (χ0v) is 9.34. The van der Waals surface area contributed by atoms with Gasteiger partial charge in [0, 0.05) is 0 Å². The van der Waals surface area contributed by atoms with Crippen molar-refractivity contribution in [2.24, 2.45) is 0 Å². The van der Waals surface area contributed by atoms with E-state index in [1.54, 1.807) is 0 Å². The summed E-state index contributed by atoms with van der Waals surface area (Å²) in [7, 11) is 0. The molecule has 80 valence electrons. The molecule has 0 aliphatic heterocycles. The van der Waals surface area contributed by atoms with E-state index in [0.29, 0.717) is 12.7 Å². The summed E-state index contributed by atoms with van der Waals surface area (Å²) in [6.45, 7) is 6.97. The highest BCUT2D eigenvalue weighted by molar-refractivity contribution is 4.53. The van der Waals surface area contributed by atoms with Crippen molar-refractivity contribution < 1.29 is 9.78 Å². The van der Waals surface area contributed by atoms with Crippen molar-refractivity contribution in [3.63, 3.8) is 0 Å². The molecule has 0 aliphatic rings. The molecule has 0 fully saturated rings. The summed E-state index contributed by atoms with van der Waals surface area (Å²) >= 11 is 0. The lowest BCUT2D eigenvalue weighted by atomic mass is 10.1. The van der Waals surface area contributed by atoms with Gasteiger partial charge in [-0.25, -0.2) is 9.78 Å². The van der Waals surface area contributed by atoms with Gasteiger partial charge in [0.1, 0.15) is 0 Å². The van der Waals surface area contributed by atoms with E-state index in [1.165, 1.54) is 25.7 Å². The van der Waals surface area contributed by atoms with Crippen LogP contribution in [0.4, 0.5) is 0 Å². The molecule has 0 aliphatic carbocycles.